The molecule has 0 fully saturated rings. The molecule has 75 heavy (non-hydrogen) atoms. The average Bonchev–Trinajstić information content (AvgIpc) is 4.16. The number of carbonyl (C=O) groups is 2. The number of aromatic carboxylic acids is 2. The summed E-state index contributed by atoms with van der Waals surface area (Å²) in [4.78, 5) is 69.1. The molecule has 0 saturated heterocycles. The van der Waals surface area contributed by atoms with E-state index in [4.69, 9.17) is 50.1 Å². The number of carboxylic acids is 2. The second-order valence-corrected chi connectivity index (χ2v) is 17.6. The van der Waals surface area contributed by atoms with Crippen molar-refractivity contribution in [3.63, 3.8) is 0 Å². The van der Waals surface area contributed by atoms with Gasteiger partial charge in [-0.2, -0.15) is 0 Å². The predicted molar refractivity (Wildman–Crippen MR) is 286 cm³/mol. The molecule has 15 heteroatoms. The van der Waals surface area contributed by atoms with E-state index in [2.05, 4.69) is 107 Å². The van der Waals surface area contributed by atoms with Crippen molar-refractivity contribution in [1.29, 1.82) is 0 Å². The third-order valence-electron chi connectivity index (χ3n) is 13.0. The Labute approximate surface area is 437 Å². The fraction of sp³-hybridized carbons (Fsp3) is 0. The van der Waals surface area contributed by atoms with Crippen molar-refractivity contribution in [2.75, 3.05) is 0 Å². The predicted octanol–water partition coefficient (Wildman–Crippen LogP) is 12.3. The van der Waals surface area contributed by atoms with E-state index in [0.29, 0.717) is 45.9 Å². The summed E-state index contributed by atoms with van der Waals surface area (Å²) >= 11 is 0. The van der Waals surface area contributed by atoms with Crippen molar-refractivity contribution >= 4 is 99.2 Å². The Morgan fingerprint density at radius 1 is 0.333 bits per heavy atom. The van der Waals surface area contributed by atoms with Gasteiger partial charge in [0.2, 0.25) is 0 Å². The third kappa shape index (κ3) is 8.52. The molecule has 0 aliphatic carbocycles. The molecule has 14 nitrogen and oxygen atoms in total. The fourth-order valence-corrected chi connectivity index (χ4v) is 9.39. The van der Waals surface area contributed by atoms with Crippen molar-refractivity contribution in [1.82, 2.24) is 49.8 Å². The van der Waals surface area contributed by atoms with Gasteiger partial charge in [-0.1, -0.05) is 97.1 Å². The fourth-order valence-electron chi connectivity index (χ4n) is 9.39. The van der Waals surface area contributed by atoms with Crippen molar-refractivity contribution in [2.24, 2.45) is 0 Å². The van der Waals surface area contributed by atoms with E-state index in [1.807, 2.05) is 48.5 Å². The topological polar surface area (TPSA) is 206 Å². The number of hydrogen-bond donors (Lipinski definition) is 2. The number of aromatic nitrogens is 10. The van der Waals surface area contributed by atoms with Crippen LogP contribution < -0.4 is 9.97 Å². The van der Waals surface area contributed by atoms with Crippen LogP contribution >= 0.6 is 0 Å². The van der Waals surface area contributed by atoms with Gasteiger partial charge in [-0.05, 0) is 137 Å². The minimum atomic E-state index is -0.942. The summed E-state index contributed by atoms with van der Waals surface area (Å²) in [7, 11) is 0. The molecule has 0 atom stereocenters. The normalized spacial score (nSPS) is 11.3. The molecule has 15 rings (SSSR count). The SMILES string of the molecule is O=C(O)c1cccnc1.O=C(O)c1cccnc1.[Ru+2].c1ccc2cc3c(cc2c1)-c1nc-3nc2[n-]c(nc3nc(nc4[n-]c(n1)c1cc5ccccc5cc41)-c1cc4ccccc4cc1-3)c1cc3ccccc3cc21. The first-order chi connectivity index (χ1) is 36.3. The summed E-state index contributed by atoms with van der Waals surface area (Å²) in [6.07, 6.45) is 5.68. The largest absolute Gasteiger partial charge is 2.00 e. The van der Waals surface area contributed by atoms with Crippen LogP contribution in [-0.2, 0) is 19.5 Å². The molecule has 0 unspecified atom stereocenters. The summed E-state index contributed by atoms with van der Waals surface area (Å²) in [5.74, 6) is 0.256. The van der Waals surface area contributed by atoms with Gasteiger partial charge in [-0.3, -0.25) is 9.97 Å². The maximum Gasteiger partial charge on any atom is 2.00 e. The first-order valence-corrected chi connectivity index (χ1v) is 23.4. The minimum Gasteiger partial charge on any atom is -0.478 e. The third-order valence-corrected chi connectivity index (χ3v) is 13.0. The van der Waals surface area contributed by atoms with Gasteiger partial charge in [0.05, 0.1) is 34.4 Å². The summed E-state index contributed by atoms with van der Waals surface area (Å²) < 4.78 is 0. The molecule has 2 aliphatic heterocycles. The Bertz CT molecular complexity index is 4120. The Balaban J connectivity index is 0.000000255. The number of rotatable bonds is 2. The molecule has 356 valence electrons. The van der Waals surface area contributed by atoms with Gasteiger partial charge in [0.15, 0.2) is 0 Å². The Morgan fingerprint density at radius 2 is 0.587 bits per heavy atom. The van der Waals surface area contributed by atoms with Crippen molar-refractivity contribution in [3.8, 4) is 45.6 Å². The van der Waals surface area contributed by atoms with Gasteiger partial charge in [0, 0.05) is 69.6 Å². The first kappa shape index (κ1) is 46.1. The Kier molecular flexibility index (Phi) is 11.6. The molecule has 8 aromatic carbocycles. The summed E-state index contributed by atoms with van der Waals surface area (Å²) in [5.41, 5.74) is 6.11. The molecule has 0 radical (unpaired) electrons. The van der Waals surface area contributed by atoms with Crippen LogP contribution in [0.25, 0.3) is 133 Å². The molecule has 7 heterocycles. The zero-order valence-corrected chi connectivity index (χ0v) is 40.7. The van der Waals surface area contributed by atoms with E-state index < -0.39 is 11.9 Å². The standard InChI is InChI=1S/C48H24N8.2C6H5NO2.Ru/c1-2-10-26-18-34-33(17-25(26)9-1)41-49-42(34)54-44-37-21-29-13-5-6-14-30(29)22-38(37)46(51-44)56-48-40-24-32-16-8-7-15-31(32)23-39(40)47(52-48)55-45-36-20-28-12-4-3-11-27(28)19-35(36)43(50-45)53-41;2*8-6(9)5-2-1-3-7-4-5;/h1-24H;2*1-4H,(H,8,9);/q-2;;;+2. The van der Waals surface area contributed by atoms with Crippen LogP contribution in [0.4, 0.5) is 0 Å². The second-order valence-electron chi connectivity index (χ2n) is 17.6. The molecule has 8 bridgehead atoms. The van der Waals surface area contributed by atoms with Crippen molar-refractivity contribution in [2.45, 2.75) is 0 Å². The molecule has 2 aliphatic rings. The maximum atomic E-state index is 10.2. The molecule has 0 spiro atoms. The summed E-state index contributed by atoms with van der Waals surface area (Å²) in [5, 5.41) is 28.9. The molecule has 0 amide bonds. The van der Waals surface area contributed by atoms with Crippen LogP contribution in [0.1, 0.15) is 20.7 Å². The van der Waals surface area contributed by atoms with Gasteiger partial charge < -0.3 is 40.1 Å². The van der Waals surface area contributed by atoms with E-state index in [1.54, 1.807) is 12.1 Å². The number of nitrogens with zero attached hydrogens (tertiary/aromatic N) is 10. The second kappa shape index (κ2) is 18.9. The number of pyridine rings is 2. The van der Waals surface area contributed by atoms with E-state index in [1.165, 1.54) is 36.9 Å². The Hall–Kier alpha value is -9.98. The van der Waals surface area contributed by atoms with Crippen LogP contribution in [0.15, 0.2) is 195 Å². The first-order valence-electron chi connectivity index (χ1n) is 23.4. The number of benzene rings is 8. The number of hydrogen-bond acceptors (Lipinski definition) is 10. The molecule has 5 aromatic heterocycles. The average molecular weight is 1060 g/mol. The summed E-state index contributed by atoms with van der Waals surface area (Å²) in [6.45, 7) is 0. The van der Waals surface area contributed by atoms with Crippen LogP contribution in [0.5, 0.6) is 0 Å². The summed E-state index contributed by atoms with van der Waals surface area (Å²) in [6, 6.07) is 56.6. The van der Waals surface area contributed by atoms with Gasteiger partial charge >= 0.3 is 31.4 Å². The molecular formula is C60H34N10O4Ru. The van der Waals surface area contributed by atoms with Gasteiger partial charge in [-0.25, -0.2) is 19.6 Å². The monoisotopic (exact) mass is 1060 g/mol. The Morgan fingerprint density at radius 3 is 0.800 bits per heavy atom. The van der Waals surface area contributed by atoms with Crippen LogP contribution in [0.3, 0.4) is 0 Å². The number of carboxylic acid groups (broad SMARTS) is 2. The molecule has 2 N–H and O–H groups in total. The molecule has 13 aromatic rings. The van der Waals surface area contributed by atoms with E-state index in [-0.39, 0.29) is 30.6 Å². The van der Waals surface area contributed by atoms with Crippen LogP contribution in [0.2, 0.25) is 0 Å². The van der Waals surface area contributed by atoms with E-state index >= 15 is 0 Å². The minimum absolute atomic E-state index is 0. The van der Waals surface area contributed by atoms with Gasteiger partial charge in [0.25, 0.3) is 0 Å². The van der Waals surface area contributed by atoms with E-state index in [0.717, 1.165) is 86.9 Å². The van der Waals surface area contributed by atoms with Gasteiger partial charge in [0.1, 0.15) is 0 Å². The zero-order valence-electron chi connectivity index (χ0n) is 39.0. The molecule has 0 saturated carbocycles. The number of fused-ring (bicyclic) bond motifs is 24. The quantitative estimate of drug-likeness (QED) is 0.155. The zero-order chi connectivity index (χ0) is 49.9. The van der Waals surface area contributed by atoms with Crippen molar-refractivity contribution < 1.29 is 39.3 Å². The van der Waals surface area contributed by atoms with Crippen LogP contribution in [0, 0.1) is 0 Å². The molecular weight excluding hydrogens is 1030 g/mol. The maximum absolute atomic E-state index is 10.2. The van der Waals surface area contributed by atoms with Crippen molar-refractivity contribution in [3.05, 3.63) is 206 Å². The van der Waals surface area contributed by atoms with Gasteiger partial charge in [-0.15, -0.1) is 0 Å². The van der Waals surface area contributed by atoms with Crippen LogP contribution in [-0.4, -0.2) is 62.0 Å². The smallest absolute Gasteiger partial charge is 0.478 e. The van der Waals surface area contributed by atoms with E-state index in [9.17, 15) is 9.59 Å².